The van der Waals surface area contributed by atoms with Crippen molar-refractivity contribution in [2.24, 2.45) is 0 Å². The van der Waals surface area contributed by atoms with Gasteiger partial charge in [0.1, 0.15) is 17.5 Å². The molecule has 0 aliphatic carbocycles. The maximum absolute atomic E-state index is 11.8. The molecule has 0 spiro atoms. The van der Waals surface area contributed by atoms with Gasteiger partial charge >= 0.3 is 5.69 Å². The van der Waals surface area contributed by atoms with Crippen LogP contribution in [0.5, 0.6) is 0 Å². The molecule has 0 amide bonds. The number of nitrogens with two attached hydrogens (primary N) is 1. The van der Waals surface area contributed by atoms with E-state index in [0.29, 0.717) is 0 Å². The molecule has 2 atom stereocenters. The minimum atomic E-state index is -0.365. The summed E-state index contributed by atoms with van der Waals surface area (Å²) in [6.07, 6.45) is 2.20. The van der Waals surface area contributed by atoms with Crippen molar-refractivity contribution >= 4 is 17.6 Å². The Hall–Kier alpha value is -1.79. The van der Waals surface area contributed by atoms with Gasteiger partial charge in [0.25, 0.3) is 0 Å². The summed E-state index contributed by atoms with van der Waals surface area (Å²) in [7, 11) is 0. The van der Waals surface area contributed by atoms with Crippen LogP contribution in [0, 0.1) is 0 Å². The molecule has 6 heteroatoms. The fourth-order valence-corrected chi connectivity index (χ4v) is 3.28. The standard InChI is InChI=1S/C14H15N3O2S/c15-11-6-7-17(14(18)16-11)12-9-20-13(19-12)8-10-4-2-1-3-5-10/h1-7,12-13H,8-9H2,(H2,15,16,18)/t12-,13+/m0/s1. The van der Waals surface area contributed by atoms with Crippen LogP contribution in [0.2, 0.25) is 0 Å². The van der Waals surface area contributed by atoms with E-state index in [-0.39, 0.29) is 23.2 Å². The smallest absolute Gasteiger partial charge is 0.351 e. The third-order valence-corrected chi connectivity index (χ3v) is 4.27. The highest BCUT2D eigenvalue weighted by atomic mass is 32.2. The van der Waals surface area contributed by atoms with Gasteiger partial charge in [0.15, 0.2) is 0 Å². The van der Waals surface area contributed by atoms with Gasteiger partial charge in [0.05, 0.1) is 0 Å². The molecule has 1 saturated heterocycles. The maximum Gasteiger partial charge on any atom is 0.351 e. The number of anilines is 1. The van der Waals surface area contributed by atoms with E-state index in [1.165, 1.54) is 10.1 Å². The van der Waals surface area contributed by atoms with E-state index in [9.17, 15) is 4.79 Å². The van der Waals surface area contributed by atoms with Gasteiger partial charge in [-0.05, 0) is 11.6 Å². The summed E-state index contributed by atoms with van der Waals surface area (Å²) in [5.41, 5.74) is 6.41. The largest absolute Gasteiger partial charge is 0.383 e. The minimum Gasteiger partial charge on any atom is -0.383 e. The van der Waals surface area contributed by atoms with Crippen LogP contribution >= 0.6 is 11.8 Å². The van der Waals surface area contributed by atoms with Crippen LogP contribution in [-0.4, -0.2) is 20.7 Å². The van der Waals surface area contributed by atoms with Crippen LogP contribution in [0.4, 0.5) is 5.82 Å². The van der Waals surface area contributed by atoms with Crippen LogP contribution in [0.3, 0.4) is 0 Å². The number of benzene rings is 1. The second-order valence-corrected chi connectivity index (χ2v) is 5.78. The van der Waals surface area contributed by atoms with E-state index in [0.717, 1.165) is 12.2 Å². The molecular formula is C14H15N3O2S. The first-order valence-electron chi connectivity index (χ1n) is 6.38. The maximum atomic E-state index is 11.8. The molecular weight excluding hydrogens is 274 g/mol. The lowest BCUT2D eigenvalue weighted by atomic mass is 10.2. The van der Waals surface area contributed by atoms with Crippen molar-refractivity contribution < 1.29 is 4.74 Å². The van der Waals surface area contributed by atoms with E-state index in [4.69, 9.17) is 10.5 Å². The van der Waals surface area contributed by atoms with Gasteiger partial charge in [0, 0.05) is 18.4 Å². The lowest BCUT2D eigenvalue weighted by Crippen LogP contribution is -2.28. The van der Waals surface area contributed by atoms with Crippen LogP contribution < -0.4 is 11.4 Å². The normalized spacial score (nSPS) is 22.0. The molecule has 3 rings (SSSR count). The summed E-state index contributed by atoms with van der Waals surface area (Å²) in [6, 6.07) is 11.8. The molecule has 2 heterocycles. The first kappa shape index (κ1) is 13.2. The molecule has 0 bridgehead atoms. The van der Waals surface area contributed by atoms with Crippen LogP contribution in [-0.2, 0) is 11.2 Å². The Morgan fingerprint density at radius 2 is 2.15 bits per heavy atom. The highest BCUT2D eigenvalue weighted by molar-refractivity contribution is 7.99. The predicted molar refractivity (Wildman–Crippen MR) is 79.4 cm³/mol. The SMILES string of the molecule is Nc1ccn([C@@H]2CS[C@H](Cc3ccccc3)O2)c(=O)n1. The molecule has 2 N–H and O–H groups in total. The average Bonchev–Trinajstić information content (AvgIpc) is 2.88. The third-order valence-electron chi connectivity index (χ3n) is 3.14. The van der Waals surface area contributed by atoms with Crippen molar-refractivity contribution in [2.75, 3.05) is 11.5 Å². The molecule has 1 aromatic carbocycles. The monoisotopic (exact) mass is 289 g/mol. The van der Waals surface area contributed by atoms with Crippen LogP contribution in [0.15, 0.2) is 47.4 Å². The Balaban J connectivity index is 1.69. The summed E-state index contributed by atoms with van der Waals surface area (Å²) in [6.45, 7) is 0. The summed E-state index contributed by atoms with van der Waals surface area (Å²) in [5.74, 6) is 0.973. The van der Waals surface area contributed by atoms with E-state index in [1.54, 1.807) is 24.0 Å². The average molecular weight is 289 g/mol. The second kappa shape index (κ2) is 5.68. The van der Waals surface area contributed by atoms with Gasteiger partial charge < -0.3 is 10.5 Å². The van der Waals surface area contributed by atoms with Gasteiger partial charge in [-0.25, -0.2) is 4.79 Å². The van der Waals surface area contributed by atoms with Gasteiger partial charge in [-0.1, -0.05) is 30.3 Å². The molecule has 1 aliphatic rings. The highest BCUT2D eigenvalue weighted by Gasteiger charge is 2.28. The Morgan fingerprint density at radius 3 is 2.90 bits per heavy atom. The zero-order valence-electron chi connectivity index (χ0n) is 10.8. The van der Waals surface area contributed by atoms with Gasteiger partial charge in [0.2, 0.25) is 0 Å². The molecule has 1 aromatic heterocycles. The van der Waals surface area contributed by atoms with E-state index >= 15 is 0 Å². The topological polar surface area (TPSA) is 70.1 Å². The number of aromatic nitrogens is 2. The van der Waals surface area contributed by atoms with Crippen LogP contribution in [0.1, 0.15) is 11.8 Å². The summed E-state index contributed by atoms with van der Waals surface area (Å²) in [5, 5.41) is 0. The number of nitrogens with zero attached hydrogens (tertiary/aromatic N) is 2. The lowest BCUT2D eigenvalue weighted by Gasteiger charge is -2.14. The molecule has 0 saturated carbocycles. The number of ether oxygens (including phenoxy) is 1. The van der Waals surface area contributed by atoms with Crippen LogP contribution in [0.25, 0.3) is 0 Å². The number of nitrogen functional groups attached to an aromatic ring is 1. The first-order chi connectivity index (χ1) is 9.72. The van der Waals surface area contributed by atoms with Crippen molar-refractivity contribution in [3.63, 3.8) is 0 Å². The minimum absolute atomic E-state index is 0.0619. The number of hydrogen-bond donors (Lipinski definition) is 1. The quantitative estimate of drug-likeness (QED) is 0.930. The molecule has 104 valence electrons. The number of rotatable bonds is 3. The Morgan fingerprint density at radius 1 is 1.35 bits per heavy atom. The van der Waals surface area contributed by atoms with Gasteiger partial charge in [-0.3, -0.25) is 4.57 Å². The van der Waals surface area contributed by atoms with Gasteiger partial charge in [-0.2, -0.15) is 4.98 Å². The third kappa shape index (κ3) is 2.86. The Labute approximate surface area is 120 Å². The van der Waals surface area contributed by atoms with E-state index < -0.39 is 0 Å². The van der Waals surface area contributed by atoms with Crippen molar-refractivity contribution in [3.05, 3.63) is 58.6 Å². The molecule has 20 heavy (non-hydrogen) atoms. The molecule has 0 unspecified atom stereocenters. The fourth-order valence-electron chi connectivity index (χ4n) is 2.15. The molecule has 2 aromatic rings. The highest BCUT2D eigenvalue weighted by Crippen LogP contribution is 2.32. The number of hydrogen-bond acceptors (Lipinski definition) is 5. The van der Waals surface area contributed by atoms with Gasteiger partial charge in [-0.15, -0.1) is 11.8 Å². The summed E-state index contributed by atoms with van der Waals surface area (Å²) < 4.78 is 7.41. The predicted octanol–water partition coefficient (Wildman–Crippen LogP) is 1.66. The van der Waals surface area contributed by atoms with Crippen molar-refractivity contribution in [3.8, 4) is 0 Å². The second-order valence-electron chi connectivity index (χ2n) is 4.59. The van der Waals surface area contributed by atoms with Crippen molar-refractivity contribution in [2.45, 2.75) is 18.1 Å². The van der Waals surface area contributed by atoms with Crippen molar-refractivity contribution in [1.82, 2.24) is 9.55 Å². The van der Waals surface area contributed by atoms with E-state index in [1.807, 2.05) is 18.2 Å². The Bertz CT molecular complexity index is 644. The zero-order chi connectivity index (χ0) is 13.9. The Kier molecular flexibility index (Phi) is 3.75. The first-order valence-corrected chi connectivity index (χ1v) is 7.43. The fraction of sp³-hybridized carbons (Fsp3) is 0.286. The van der Waals surface area contributed by atoms with E-state index in [2.05, 4.69) is 17.1 Å². The summed E-state index contributed by atoms with van der Waals surface area (Å²) >= 11 is 1.71. The molecule has 5 nitrogen and oxygen atoms in total. The van der Waals surface area contributed by atoms with Crippen molar-refractivity contribution in [1.29, 1.82) is 0 Å². The molecule has 0 radical (unpaired) electrons. The lowest BCUT2D eigenvalue weighted by molar-refractivity contribution is 0.0164. The number of thioether (sulfide) groups is 1. The summed E-state index contributed by atoms with van der Waals surface area (Å²) in [4.78, 5) is 15.5. The molecule has 1 fully saturated rings. The molecule has 1 aliphatic heterocycles. The zero-order valence-corrected chi connectivity index (χ0v) is 11.6.